The van der Waals surface area contributed by atoms with Crippen LogP contribution in [0, 0.1) is 0 Å². The van der Waals surface area contributed by atoms with E-state index in [4.69, 9.17) is 16.3 Å². The molecule has 2 aliphatic heterocycles. The molecule has 2 saturated heterocycles. The Bertz CT molecular complexity index is 1150. The molecule has 5 rings (SSSR count). The molecule has 0 bridgehead atoms. The third-order valence-corrected chi connectivity index (χ3v) is 7.12. The molecule has 0 aliphatic carbocycles. The number of hydrogen-bond donors (Lipinski definition) is 0. The van der Waals surface area contributed by atoms with Crippen molar-refractivity contribution in [1.82, 2.24) is 19.6 Å². The van der Waals surface area contributed by atoms with Crippen LogP contribution in [0.3, 0.4) is 0 Å². The van der Waals surface area contributed by atoms with E-state index in [1.54, 1.807) is 11.8 Å². The minimum atomic E-state index is 0.132. The minimum absolute atomic E-state index is 0.132. The molecule has 8 heteroatoms. The molecule has 2 aliphatic rings. The van der Waals surface area contributed by atoms with Gasteiger partial charge in [0.05, 0.1) is 19.3 Å². The summed E-state index contributed by atoms with van der Waals surface area (Å²) in [4.78, 5) is 19.7. The Hall–Kier alpha value is -3.19. The van der Waals surface area contributed by atoms with Crippen molar-refractivity contribution in [3.05, 3.63) is 65.4 Å². The summed E-state index contributed by atoms with van der Waals surface area (Å²) in [5.74, 6) is 0.826. The monoisotopic (exact) mass is 479 g/mol. The lowest BCUT2D eigenvalue weighted by Crippen LogP contribution is -2.52. The van der Waals surface area contributed by atoms with Gasteiger partial charge in [0.15, 0.2) is 0 Å². The van der Waals surface area contributed by atoms with Gasteiger partial charge in [-0.05, 0) is 42.7 Å². The smallest absolute Gasteiger partial charge is 0.320 e. The maximum absolute atomic E-state index is 13.4. The summed E-state index contributed by atoms with van der Waals surface area (Å²) in [6.07, 6.45) is 5.85. The van der Waals surface area contributed by atoms with E-state index >= 15 is 0 Å². The van der Waals surface area contributed by atoms with E-state index in [0.29, 0.717) is 13.1 Å². The van der Waals surface area contributed by atoms with E-state index in [9.17, 15) is 4.79 Å². The van der Waals surface area contributed by atoms with Gasteiger partial charge in [0, 0.05) is 73.9 Å². The molecule has 7 nitrogen and oxygen atoms in total. The molecular weight excluding hydrogens is 450 g/mol. The summed E-state index contributed by atoms with van der Waals surface area (Å²) in [5.41, 5.74) is 4.32. The van der Waals surface area contributed by atoms with Gasteiger partial charge in [0.25, 0.3) is 0 Å². The number of hydrogen-bond acceptors (Lipinski definition) is 4. The summed E-state index contributed by atoms with van der Waals surface area (Å²) in [6.45, 7) is 3.80. The van der Waals surface area contributed by atoms with Crippen LogP contribution in [0.25, 0.3) is 11.1 Å². The Balaban J connectivity index is 1.24. The molecule has 0 spiro atoms. The number of aryl methyl sites for hydroxylation is 1. The number of carbonyl (C=O) groups excluding carboxylic acids is 1. The van der Waals surface area contributed by atoms with Gasteiger partial charge in [-0.15, -0.1) is 0 Å². The first-order chi connectivity index (χ1) is 16.5. The zero-order valence-electron chi connectivity index (χ0n) is 19.7. The van der Waals surface area contributed by atoms with Gasteiger partial charge in [-0.25, -0.2) is 4.79 Å². The summed E-state index contributed by atoms with van der Waals surface area (Å²) in [7, 11) is 3.60. The van der Waals surface area contributed by atoms with Crippen LogP contribution in [0.15, 0.2) is 54.9 Å². The minimum Gasteiger partial charge on any atom is -0.496 e. The fourth-order valence-corrected chi connectivity index (χ4v) is 5.17. The number of rotatable bonds is 4. The van der Waals surface area contributed by atoms with Crippen LogP contribution in [-0.2, 0) is 7.05 Å². The second-order valence-corrected chi connectivity index (χ2v) is 9.38. The fourth-order valence-electron chi connectivity index (χ4n) is 5.04. The second-order valence-electron chi connectivity index (χ2n) is 8.95. The lowest BCUT2D eigenvalue weighted by molar-refractivity contribution is 0.145. The van der Waals surface area contributed by atoms with Crippen molar-refractivity contribution < 1.29 is 9.53 Å². The van der Waals surface area contributed by atoms with Crippen LogP contribution < -0.4 is 9.64 Å². The molecule has 3 heterocycles. The molecule has 2 fully saturated rings. The number of aromatic nitrogens is 2. The summed E-state index contributed by atoms with van der Waals surface area (Å²) < 4.78 is 7.47. The van der Waals surface area contributed by atoms with Crippen LogP contribution in [-0.4, -0.2) is 65.4 Å². The molecule has 178 valence electrons. The Morgan fingerprint density at radius 1 is 1.06 bits per heavy atom. The van der Waals surface area contributed by atoms with Gasteiger partial charge in [0.1, 0.15) is 5.75 Å². The predicted octanol–water partition coefficient (Wildman–Crippen LogP) is 4.83. The van der Waals surface area contributed by atoms with Crippen molar-refractivity contribution in [2.24, 2.45) is 7.05 Å². The van der Waals surface area contributed by atoms with Gasteiger partial charge >= 0.3 is 6.03 Å². The predicted molar refractivity (Wildman–Crippen MR) is 135 cm³/mol. The van der Waals surface area contributed by atoms with Crippen molar-refractivity contribution >= 4 is 23.3 Å². The average molecular weight is 480 g/mol. The first kappa shape index (κ1) is 22.6. The van der Waals surface area contributed by atoms with Gasteiger partial charge in [-0.1, -0.05) is 23.7 Å². The van der Waals surface area contributed by atoms with Crippen LogP contribution in [0.4, 0.5) is 10.5 Å². The highest BCUT2D eigenvalue weighted by Gasteiger charge is 2.34. The highest BCUT2D eigenvalue weighted by molar-refractivity contribution is 6.30. The summed E-state index contributed by atoms with van der Waals surface area (Å²) in [5, 5.41) is 4.99. The largest absolute Gasteiger partial charge is 0.496 e. The van der Waals surface area contributed by atoms with E-state index in [-0.39, 0.29) is 12.1 Å². The Morgan fingerprint density at radius 2 is 1.82 bits per heavy atom. The molecule has 0 saturated carbocycles. The lowest BCUT2D eigenvalue weighted by Gasteiger charge is -2.39. The highest BCUT2D eigenvalue weighted by Crippen LogP contribution is 2.35. The number of likely N-dealkylation sites (tertiary alicyclic amines) is 1. The zero-order chi connectivity index (χ0) is 23.7. The van der Waals surface area contributed by atoms with Gasteiger partial charge in [0.2, 0.25) is 0 Å². The lowest BCUT2D eigenvalue weighted by atomic mass is 10.0. The molecule has 2 aromatic carbocycles. The normalized spacial score (nSPS) is 18.4. The van der Waals surface area contributed by atoms with E-state index in [2.05, 4.69) is 28.2 Å². The number of benzene rings is 2. The van der Waals surface area contributed by atoms with Crippen LogP contribution in [0.2, 0.25) is 5.02 Å². The number of amides is 2. The van der Waals surface area contributed by atoms with E-state index in [1.807, 2.05) is 53.5 Å². The molecule has 1 aromatic heterocycles. The second kappa shape index (κ2) is 9.58. The molecule has 1 atom stereocenters. The average Bonchev–Trinajstić information content (AvgIpc) is 3.53. The van der Waals surface area contributed by atoms with Gasteiger partial charge < -0.3 is 19.4 Å². The number of nitrogens with zero attached hydrogens (tertiary/aromatic N) is 5. The van der Waals surface area contributed by atoms with E-state index < -0.39 is 0 Å². The summed E-state index contributed by atoms with van der Waals surface area (Å²) >= 11 is 6.06. The quantitative estimate of drug-likeness (QED) is 0.538. The van der Waals surface area contributed by atoms with Crippen molar-refractivity contribution in [3.8, 4) is 16.9 Å². The number of urea groups is 1. The van der Waals surface area contributed by atoms with Gasteiger partial charge in [-0.2, -0.15) is 5.10 Å². The zero-order valence-corrected chi connectivity index (χ0v) is 20.4. The van der Waals surface area contributed by atoms with Crippen molar-refractivity contribution in [3.63, 3.8) is 0 Å². The Labute approximate surface area is 205 Å². The van der Waals surface area contributed by atoms with Gasteiger partial charge in [-0.3, -0.25) is 4.68 Å². The van der Waals surface area contributed by atoms with Crippen LogP contribution in [0.1, 0.15) is 24.4 Å². The number of halogens is 1. The number of ether oxygens (including phenoxy) is 1. The SMILES string of the molecule is COc1cc(N2CCN(C(=O)N3CCCC3c3ccc(Cl)cc3)CC2)ccc1-c1cnn(C)c1. The molecule has 1 unspecified atom stereocenters. The summed E-state index contributed by atoms with van der Waals surface area (Å²) in [6, 6.07) is 14.5. The fraction of sp³-hybridized carbons (Fsp3) is 0.385. The van der Waals surface area contributed by atoms with E-state index in [1.165, 1.54) is 0 Å². The van der Waals surface area contributed by atoms with Crippen molar-refractivity contribution in [2.75, 3.05) is 44.7 Å². The first-order valence-electron chi connectivity index (χ1n) is 11.8. The molecule has 2 amide bonds. The Morgan fingerprint density at radius 3 is 2.50 bits per heavy atom. The molecule has 0 N–H and O–H groups in total. The Kier molecular flexibility index (Phi) is 6.37. The van der Waals surface area contributed by atoms with Crippen molar-refractivity contribution in [2.45, 2.75) is 18.9 Å². The standard InChI is InChI=1S/C26H30ClN5O2/c1-29-18-20(17-28-29)23-10-9-22(16-25(23)34-2)30-12-14-31(15-13-30)26(33)32-11-3-4-24(32)19-5-7-21(27)8-6-19/h5-10,16-18,24H,3-4,11-15H2,1-2H3. The molecule has 34 heavy (non-hydrogen) atoms. The van der Waals surface area contributed by atoms with Crippen molar-refractivity contribution in [1.29, 1.82) is 0 Å². The van der Waals surface area contributed by atoms with E-state index in [0.717, 1.165) is 65.6 Å². The number of anilines is 1. The molecular formula is C26H30ClN5O2. The topological polar surface area (TPSA) is 53.8 Å². The number of carbonyl (C=O) groups is 1. The molecule has 3 aromatic rings. The number of piperazine rings is 1. The maximum atomic E-state index is 13.4. The first-order valence-corrected chi connectivity index (χ1v) is 12.1. The third-order valence-electron chi connectivity index (χ3n) is 6.87. The van der Waals surface area contributed by atoms with Crippen LogP contribution in [0.5, 0.6) is 5.75 Å². The molecule has 0 radical (unpaired) electrons. The third kappa shape index (κ3) is 4.44. The number of methoxy groups -OCH3 is 1. The maximum Gasteiger partial charge on any atom is 0.320 e. The van der Waals surface area contributed by atoms with Crippen LogP contribution >= 0.6 is 11.6 Å². The highest BCUT2D eigenvalue weighted by atomic mass is 35.5.